The van der Waals surface area contributed by atoms with Crippen molar-refractivity contribution in [3.05, 3.63) is 41.9 Å². The van der Waals surface area contributed by atoms with Crippen LogP contribution >= 0.6 is 0 Å². The van der Waals surface area contributed by atoms with Crippen LogP contribution < -0.4 is 9.80 Å². The van der Waals surface area contributed by atoms with Crippen LogP contribution in [0.1, 0.15) is 63.3 Å². The van der Waals surface area contributed by atoms with Gasteiger partial charge in [-0.25, -0.2) is 10.0 Å². The Balaban J connectivity index is 1.24. The zero-order chi connectivity index (χ0) is 23.9. The third kappa shape index (κ3) is 4.24. The van der Waals surface area contributed by atoms with Crippen LogP contribution in [-0.2, 0) is 14.4 Å². The SMILES string of the molecule is Cc1ccc([C@@H]2CCON2C(=O)C2CCN(c3nccc(N4C(=O)CCC4(C)C)n3)CC2)cn1. The fourth-order valence-corrected chi connectivity index (χ4v) is 5.20. The van der Waals surface area contributed by atoms with Crippen LogP contribution in [0.4, 0.5) is 11.8 Å². The molecule has 3 aliphatic rings. The van der Waals surface area contributed by atoms with E-state index in [0.29, 0.717) is 50.7 Å². The van der Waals surface area contributed by atoms with Gasteiger partial charge in [-0.1, -0.05) is 6.07 Å². The molecule has 9 heteroatoms. The Kier molecular flexibility index (Phi) is 5.97. The molecule has 5 rings (SSSR count). The molecule has 0 spiro atoms. The second-order valence-electron chi connectivity index (χ2n) is 10.1. The first-order valence-electron chi connectivity index (χ1n) is 12.1. The van der Waals surface area contributed by atoms with Gasteiger partial charge in [0, 0.05) is 55.5 Å². The summed E-state index contributed by atoms with van der Waals surface area (Å²) >= 11 is 0. The molecule has 0 aromatic carbocycles. The average Bonchev–Trinajstić information content (AvgIpc) is 3.43. The first-order valence-corrected chi connectivity index (χ1v) is 12.1. The summed E-state index contributed by atoms with van der Waals surface area (Å²) in [5, 5.41) is 1.57. The third-order valence-corrected chi connectivity index (χ3v) is 7.23. The van der Waals surface area contributed by atoms with E-state index in [1.165, 1.54) is 0 Å². The molecule has 0 radical (unpaired) electrons. The minimum Gasteiger partial charge on any atom is -0.341 e. The number of hydroxylamine groups is 2. The van der Waals surface area contributed by atoms with Gasteiger partial charge in [0.2, 0.25) is 17.8 Å². The molecule has 3 fully saturated rings. The van der Waals surface area contributed by atoms with Crippen molar-refractivity contribution in [3.8, 4) is 0 Å². The fourth-order valence-electron chi connectivity index (χ4n) is 5.20. The molecule has 180 valence electrons. The maximum Gasteiger partial charge on any atom is 0.249 e. The van der Waals surface area contributed by atoms with Gasteiger partial charge in [0.1, 0.15) is 5.82 Å². The molecule has 1 atom stereocenters. The molecule has 0 bridgehead atoms. The number of nitrogens with zero attached hydrogens (tertiary/aromatic N) is 6. The smallest absolute Gasteiger partial charge is 0.249 e. The normalized spacial score (nSPS) is 23.1. The number of carbonyl (C=O) groups is 2. The largest absolute Gasteiger partial charge is 0.341 e. The number of pyridine rings is 1. The van der Waals surface area contributed by atoms with Crippen molar-refractivity contribution in [2.45, 2.75) is 64.5 Å². The summed E-state index contributed by atoms with van der Waals surface area (Å²) < 4.78 is 0. The molecule has 0 aliphatic carbocycles. The van der Waals surface area contributed by atoms with Crippen LogP contribution in [-0.4, -0.2) is 57.1 Å². The number of aromatic nitrogens is 3. The molecule has 2 aromatic heterocycles. The van der Waals surface area contributed by atoms with Gasteiger partial charge in [0.05, 0.1) is 12.6 Å². The second-order valence-corrected chi connectivity index (χ2v) is 10.1. The number of carbonyl (C=O) groups excluding carboxylic acids is 2. The highest BCUT2D eigenvalue weighted by molar-refractivity contribution is 5.96. The molecular weight excluding hydrogens is 432 g/mol. The zero-order valence-electron chi connectivity index (χ0n) is 20.1. The van der Waals surface area contributed by atoms with E-state index in [1.54, 1.807) is 22.2 Å². The Morgan fingerprint density at radius 3 is 2.59 bits per heavy atom. The summed E-state index contributed by atoms with van der Waals surface area (Å²) in [5.41, 5.74) is 1.72. The highest BCUT2D eigenvalue weighted by Crippen LogP contribution is 2.35. The Morgan fingerprint density at radius 1 is 1.12 bits per heavy atom. The van der Waals surface area contributed by atoms with Crippen LogP contribution in [0.25, 0.3) is 0 Å². The van der Waals surface area contributed by atoms with E-state index >= 15 is 0 Å². The van der Waals surface area contributed by atoms with E-state index in [1.807, 2.05) is 25.3 Å². The van der Waals surface area contributed by atoms with E-state index in [4.69, 9.17) is 9.82 Å². The number of hydrogen-bond donors (Lipinski definition) is 0. The summed E-state index contributed by atoms with van der Waals surface area (Å²) in [6.07, 6.45) is 7.11. The molecule has 9 nitrogen and oxygen atoms in total. The summed E-state index contributed by atoms with van der Waals surface area (Å²) in [6, 6.07) is 5.72. The average molecular weight is 465 g/mol. The minimum atomic E-state index is -0.249. The predicted molar refractivity (Wildman–Crippen MR) is 127 cm³/mol. The van der Waals surface area contributed by atoms with Crippen LogP contribution in [0.3, 0.4) is 0 Å². The van der Waals surface area contributed by atoms with Crippen LogP contribution in [0.5, 0.6) is 0 Å². The maximum atomic E-state index is 13.3. The molecule has 0 N–H and O–H groups in total. The third-order valence-electron chi connectivity index (χ3n) is 7.23. The van der Waals surface area contributed by atoms with Crippen molar-refractivity contribution in [3.63, 3.8) is 0 Å². The molecule has 34 heavy (non-hydrogen) atoms. The molecule has 2 amide bonds. The molecule has 2 aromatic rings. The summed E-state index contributed by atoms with van der Waals surface area (Å²) in [6.45, 7) is 7.99. The summed E-state index contributed by atoms with van der Waals surface area (Å²) in [4.78, 5) is 49.0. The lowest BCUT2D eigenvalue weighted by Gasteiger charge is -2.35. The monoisotopic (exact) mass is 464 g/mol. The second kappa shape index (κ2) is 8.94. The van der Waals surface area contributed by atoms with Crippen LogP contribution in [0, 0.1) is 12.8 Å². The number of aryl methyl sites for hydroxylation is 1. The lowest BCUT2D eigenvalue weighted by Crippen LogP contribution is -2.43. The lowest BCUT2D eigenvalue weighted by atomic mass is 9.95. The van der Waals surface area contributed by atoms with E-state index in [0.717, 1.165) is 24.1 Å². The van der Waals surface area contributed by atoms with Gasteiger partial charge in [-0.15, -0.1) is 0 Å². The highest BCUT2D eigenvalue weighted by Gasteiger charge is 2.40. The van der Waals surface area contributed by atoms with E-state index < -0.39 is 0 Å². The van der Waals surface area contributed by atoms with Crippen molar-refractivity contribution >= 4 is 23.6 Å². The fraction of sp³-hybridized carbons (Fsp3) is 0.560. The molecular formula is C25H32N6O3. The van der Waals surface area contributed by atoms with Crippen LogP contribution in [0.15, 0.2) is 30.6 Å². The van der Waals surface area contributed by atoms with E-state index in [-0.39, 0.29) is 29.3 Å². The van der Waals surface area contributed by atoms with Gasteiger partial charge in [-0.2, -0.15) is 4.98 Å². The molecule has 5 heterocycles. The topological polar surface area (TPSA) is 91.8 Å². The van der Waals surface area contributed by atoms with Crippen LogP contribution in [0.2, 0.25) is 0 Å². The van der Waals surface area contributed by atoms with Crippen molar-refractivity contribution in [1.82, 2.24) is 20.0 Å². The summed E-state index contributed by atoms with van der Waals surface area (Å²) in [7, 11) is 0. The number of amides is 2. The van der Waals surface area contributed by atoms with E-state index in [9.17, 15) is 9.59 Å². The number of hydrogen-bond acceptors (Lipinski definition) is 7. The van der Waals surface area contributed by atoms with Crippen molar-refractivity contribution in [1.29, 1.82) is 0 Å². The Hall–Kier alpha value is -3.07. The molecule has 0 unspecified atom stereocenters. The standard InChI is InChI=1S/C25H32N6O3/c1-17-4-5-19(16-27-17)20-10-15-34-31(20)23(33)18-8-13-29(14-9-18)24-26-12-7-21(28-24)30-22(32)6-11-25(30,2)3/h4-5,7,12,16,18,20H,6,8-11,13-15H2,1-3H3/t20-/m0/s1. The van der Waals surface area contributed by atoms with Gasteiger partial charge in [-0.3, -0.25) is 24.3 Å². The minimum absolute atomic E-state index is 0.0433. The molecule has 0 saturated carbocycles. The van der Waals surface area contributed by atoms with Gasteiger partial charge < -0.3 is 4.90 Å². The molecule has 3 aliphatic heterocycles. The van der Waals surface area contributed by atoms with Gasteiger partial charge in [-0.05, 0) is 57.7 Å². The highest BCUT2D eigenvalue weighted by atomic mass is 16.7. The van der Waals surface area contributed by atoms with Crippen molar-refractivity contribution in [2.24, 2.45) is 5.92 Å². The maximum absolute atomic E-state index is 13.3. The quantitative estimate of drug-likeness (QED) is 0.686. The van der Waals surface area contributed by atoms with Crippen molar-refractivity contribution < 1.29 is 14.4 Å². The van der Waals surface area contributed by atoms with Crippen molar-refractivity contribution in [2.75, 3.05) is 29.5 Å². The molecule has 3 saturated heterocycles. The summed E-state index contributed by atoms with van der Waals surface area (Å²) in [5.74, 6) is 1.30. The van der Waals surface area contributed by atoms with Gasteiger partial charge >= 0.3 is 0 Å². The number of anilines is 2. The first-order chi connectivity index (χ1) is 16.3. The zero-order valence-corrected chi connectivity index (χ0v) is 20.1. The lowest BCUT2D eigenvalue weighted by molar-refractivity contribution is -0.182. The predicted octanol–water partition coefficient (Wildman–Crippen LogP) is 3.21. The van der Waals surface area contributed by atoms with E-state index in [2.05, 4.69) is 28.7 Å². The Bertz CT molecular complexity index is 1060. The number of rotatable bonds is 4. The Labute approximate surface area is 200 Å². The first kappa shape index (κ1) is 22.7. The van der Waals surface area contributed by atoms with Gasteiger partial charge in [0.15, 0.2) is 0 Å². The van der Waals surface area contributed by atoms with Gasteiger partial charge in [0.25, 0.3) is 0 Å². The Morgan fingerprint density at radius 2 is 1.91 bits per heavy atom. The number of piperidine rings is 1.